The van der Waals surface area contributed by atoms with E-state index >= 15 is 0 Å². The molecule has 0 aliphatic heterocycles. The molecule has 0 aromatic heterocycles. The summed E-state index contributed by atoms with van der Waals surface area (Å²) in [6.07, 6.45) is 1.58. The van der Waals surface area contributed by atoms with E-state index in [0.29, 0.717) is 22.2 Å². The van der Waals surface area contributed by atoms with E-state index in [1.54, 1.807) is 18.2 Å². The van der Waals surface area contributed by atoms with Gasteiger partial charge in [0.1, 0.15) is 6.61 Å². The van der Waals surface area contributed by atoms with E-state index in [1.807, 2.05) is 0 Å². The summed E-state index contributed by atoms with van der Waals surface area (Å²) in [5.74, 6) is -0.168. The fourth-order valence-electron chi connectivity index (χ4n) is 1.03. The number of carbonyl (C=O) groups is 1. The first kappa shape index (κ1) is 12.2. The first-order valence-electron chi connectivity index (χ1n) is 4.32. The zero-order valence-electron chi connectivity index (χ0n) is 8.00. The first-order chi connectivity index (χ1) is 7.15. The van der Waals surface area contributed by atoms with E-state index in [4.69, 9.17) is 27.9 Å². The second-order valence-corrected chi connectivity index (χ2v) is 3.69. The standard InChI is InChI=1S/C11H10Cl2O2/c1-2-5-15-7-11(14)9-4-3-8(12)6-10(9)13/h2-4,6H,1,5,7H2. The molecule has 1 rings (SSSR count). The number of Topliss-reactive ketones (excluding diaryl/α,β-unsaturated/α-hetero) is 1. The second kappa shape index (κ2) is 5.91. The Labute approximate surface area is 98.4 Å². The van der Waals surface area contributed by atoms with Crippen molar-refractivity contribution < 1.29 is 9.53 Å². The molecule has 0 saturated heterocycles. The topological polar surface area (TPSA) is 26.3 Å². The lowest BCUT2D eigenvalue weighted by molar-refractivity contribution is 0.0806. The number of hydrogen-bond acceptors (Lipinski definition) is 2. The van der Waals surface area contributed by atoms with E-state index < -0.39 is 0 Å². The highest BCUT2D eigenvalue weighted by atomic mass is 35.5. The molecule has 15 heavy (non-hydrogen) atoms. The molecule has 2 nitrogen and oxygen atoms in total. The molecule has 0 saturated carbocycles. The monoisotopic (exact) mass is 244 g/mol. The molecule has 0 fully saturated rings. The Morgan fingerprint density at radius 1 is 1.47 bits per heavy atom. The Morgan fingerprint density at radius 2 is 2.20 bits per heavy atom. The molecule has 0 spiro atoms. The maximum atomic E-state index is 11.6. The van der Waals surface area contributed by atoms with Gasteiger partial charge < -0.3 is 4.74 Å². The molecule has 1 aromatic carbocycles. The van der Waals surface area contributed by atoms with Crippen molar-refractivity contribution in [1.29, 1.82) is 0 Å². The van der Waals surface area contributed by atoms with Crippen LogP contribution in [0.5, 0.6) is 0 Å². The molecule has 0 N–H and O–H groups in total. The molecule has 0 aliphatic rings. The van der Waals surface area contributed by atoms with Crippen molar-refractivity contribution in [3.8, 4) is 0 Å². The average Bonchev–Trinajstić information content (AvgIpc) is 2.17. The van der Waals surface area contributed by atoms with Gasteiger partial charge >= 0.3 is 0 Å². The van der Waals surface area contributed by atoms with E-state index in [-0.39, 0.29) is 12.4 Å². The predicted octanol–water partition coefficient (Wildman–Crippen LogP) is 3.38. The molecule has 1 aromatic rings. The van der Waals surface area contributed by atoms with Gasteiger partial charge in [0.25, 0.3) is 0 Å². The summed E-state index contributed by atoms with van der Waals surface area (Å²) in [6, 6.07) is 4.74. The summed E-state index contributed by atoms with van der Waals surface area (Å²) in [5.41, 5.74) is 0.421. The van der Waals surface area contributed by atoms with Crippen LogP contribution in [0.25, 0.3) is 0 Å². The van der Waals surface area contributed by atoms with Crippen LogP contribution in [0.3, 0.4) is 0 Å². The zero-order chi connectivity index (χ0) is 11.3. The Morgan fingerprint density at radius 3 is 2.80 bits per heavy atom. The van der Waals surface area contributed by atoms with Crippen LogP contribution in [0.1, 0.15) is 10.4 Å². The maximum Gasteiger partial charge on any atom is 0.189 e. The van der Waals surface area contributed by atoms with E-state index in [9.17, 15) is 4.79 Å². The number of rotatable bonds is 5. The molecule has 0 heterocycles. The van der Waals surface area contributed by atoms with Crippen LogP contribution in [0.15, 0.2) is 30.9 Å². The number of ether oxygens (including phenoxy) is 1. The van der Waals surface area contributed by atoms with Gasteiger partial charge in [0.15, 0.2) is 5.78 Å². The largest absolute Gasteiger partial charge is 0.369 e. The first-order valence-corrected chi connectivity index (χ1v) is 5.07. The third kappa shape index (κ3) is 3.67. The lowest BCUT2D eigenvalue weighted by Crippen LogP contribution is -2.09. The SMILES string of the molecule is C=CCOCC(=O)c1ccc(Cl)cc1Cl. The third-order valence-corrected chi connectivity index (χ3v) is 2.25. The van der Waals surface area contributed by atoms with Crippen molar-refractivity contribution >= 4 is 29.0 Å². The Hall–Kier alpha value is -0.830. The quantitative estimate of drug-likeness (QED) is 0.451. The highest BCUT2D eigenvalue weighted by Crippen LogP contribution is 2.21. The van der Waals surface area contributed by atoms with Crippen molar-refractivity contribution in [2.75, 3.05) is 13.2 Å². The molecule has 0 unspecified atom stereocenters. The van der Waals surface area contributed by atoms with Gasteiger partial charge in [-0.2, -0.15) is 0 Å². The molecule has 80 valence electrons. The van der Waals surface area contributed by atoms with Gasteiger partial charge in [-0.3, -0.25) is 4.79 Å². The number of ketones is 1. The molecule has 0 atom stereocenters. The highest BCUT2D eigenvalue weighted by Gasteiger charge is 2.10. The minimum Gasteiger partial charge on any atom is -0.369 e. The van der Waals surface area contributed by atoms with Crippen molar-refractivity contribution in [2.24, 2.45) is 0 Å². The number of halogens is 2. The zero-order valence-corrected chi connectivity index (χ0v) is 9.52. The molecular weight excluding hydrogens is 235 g/mol. The minimum atomic E-state index is -0.168. The van der Waals surface area contributed by atoms with E-state index in [0.717, 1.165) is 0 Å². The molecule has 0 radical (unpaired) electrons. The summed E-state index contributed by atoms with van der Waals surface area (Å²) in [5, 5.41) is 0.846. The summed E-state index contributed by atoms with van der Waals surface area (Å²) in [6.45, 7) is 3.82. The minimum absolute atomic E-state index is 0.00658. The van der Waals surface area contributed by atoms with Gasteiger partial charge in [-0.05, 0) is 18.2 Å². The van der Waals surface area contributed by atoms with Crippen molar-refractivity contribution in [3.63, 3.8) is 0 Å². The predicted molar refractivity (Wildman–Crippen MR) is 61.8 cm³/mol. The van der Waals surface area contributed by atoms with Crippen LogP contribution in [-0.4, -0.2) is 19.0 Å². The molecule has 0 aliphatic carbocycles. The maximum absolute atomic E-state index is 11.6. The van der Waals surface area contributed by atoms with Gasteiger partial charge in [-0.25, -0.2) is 0 Å². The summed E-state index contributed by atoms with van der Waals surface area (Å²) in [7, 11) is 0. The van der Waals surface area contributed by atoms with Crippen molar-refractivity contribution in [2.45, 2.75) is 0 Å². The van der Waals surface area contributed by atoms with Gasteiger partial charge in [-0.15, -0.1) is 6.58 Å². The van der Waals surface area contributed by atoms with Crippen LogP contribution in [0, 0.1) is 0 Å². The van der Waals surface area contributed by atoms with Crippen LogP contribution < -0.4 is 0 Å². The van der Waals surface area contributed by atoms with Crippen LogP contribution in [0.2, 0.25) is 10.0 Å². The van der Waals surface area contributed by atoms with E-state index in [1.165, 1.54) is 6.07 Å². The van der Waals surface area contributed by atoms with Gasteiger partial charge in [0.05, 0.1) is 11.6 Å². The van der Waals surface area contributed by atoms with E-state index in [2.05, 4.69) is 6.58 Å². The molecule has 0 bridgehead atoms. The number of benzene rings is 1. The smallest absolute Gasteiger partial charge is 0.189 e. The Kier molecular flexibility index (Phi) is 4.82. The number of carbonyl (C=O) groups excluding carboxylic acids is 1. The fraction of sp³-hybridized carbons (Fsp3) is 0.182. The third-order valence-electron chi connectivity index (χ3n) is 1.70. The van der Waals surface area contributed by atoms with Gasteiger partial charge in [0.2, 0.25) is 0 Å². The van der Waals surface area contributed by atoms with Crippen LogP contribution >= 0.6 is 23.2 Å². The molecular formula is C11H10Cl2O2. The fourth-order valence-corrected chi connectivity index (χ4v) is 1.54. The lowest BCUT2D eigenvalue weighted by Gasteiger charge is -2.03. The Balaban J connectivity index is 2.69. The number of hydrogen-bond donors (Lipinski definition) is 0. The van der Waals surface area contributed by atoms with Crippen molar-refractivity contribution in [1.82, 2.24) is 0 Å². The van der Waals surface area contributed by atoms with Gasteiger partial charge in [-0.1, -0.05) is 29.3 Å². The summed E-state index contributed by atoms with van der Waals surface area (Å²) in [4.78, 5) is 11.6. The average molecular weight is 245 g/mol. The normalized spacial score (nSPS) is 10.0. The highest BCUT2D eigenvalue weighted by molar-refractivity contribution is 6.36. The molecule has 0 amide bonds. The van der Waals surface area contributed by atoms with Crippen LogP contribution in [0.4, 0.5) is 0 Å². The second-order valence-electron chi connectivity index (χ2n) is 2.85. The van der Waals surface area contributed by atoms with Crippen LogP contribution in [-0.2, 0) is 4.74 Å². The lowest BCUT2D eigenvalue weighted by atomic mass is 10.1. The van der Waals surface area contributed by atoms with Gasteiger partial charge in [0, 0.05) is 10.6 Å². The summed E-state index contributed by atoms with van der Waals surface area (Å²) < 4.78 is 5.03. The molecule has 4 heteroatoms. The summed E-state index contributed by atoms with van der Waals surface area (Å²) >= 11 is 11.6. The Bertz CT molecular complexity index is 375. The van der Waals surface area contributed by atoms with Crippen molar-refractivity contribution in [3.05, 3.63) is 46.5 Å².